The summed E-state index contributed by atoms with van der Waals surface area (Å²) in [5, 5.41) is 11.1. The number of hydrogen-bond donors (Lipinski definition) is 0. The van der Waals surface area contributed by atoms with E-state index in [-0.39, 0.29) is 11.6 Å². The van der Waals surface area contributed by atoms with Crippen LogP contribution in [0.3, 0.4) is 0 Å². The Bertz CT molecular complexity index is 836. The van der Waals surface area contributed by atoms with Crippen LogP contribution in [-0.4, -0.2) is 51.9 Å². The molecule has 0 aliphatic carbocycles. The summed E-state index contributed by atoms with van der Waals surface area (Å²) in [7, 11) is 0. The van der Waals surface area contributed by atoms with E-state index < -0.39 is 4.92 Å². The van der Waals surface area contributed by atoms with Crippen LogP contribution in [0.15, 0.2) is 42.9 Å². The highest BCUT2D eigenvalue weighted by atomic mass is 16.6. The lowest BCUT2D eigenvalue weighted by molar-refractivity contribution is -0.384. The van der Waals surface area contributed by atoms with Gasteiger partial charge in [0, 0.05) is 62.3 Å². The van der Waals surface area contributed by atoms with Gasteiger partial charge in [-0.05, 0) is 18.2 Å². The van der Waals surface area contributed by atoms with Crippen LogP contribution in [0.2, 0.25) is 0 Å². The van der Waals surface area contributed by atoms with Crippen molar-refractivity contribution in [3.05, 3.63) is 58.5 Å². The van der Waals surface area contributed by atoms with Crippen molar-refractivity contribution in [3.63, 3.8) is 0 Å². The van der Waals surface area contributed by atoms with Crippen LogP contribution in [0.25, 0.3) is 0 Å². The van der Waals surface area contributed by atoms with Gasteiger partial charge in [-0.2, -0.15) is 0 Å². The summed E-state index contributed by atoms with van der Waals surface area (Å²) < 4.78 is 0. The minimum atomic E-state index is -0.445. The van der Waals surface area contributed by atoms with E-state index in [0.717, 1.165) is 0 Å². The smallest absolute Gasteiger partial charge is 0.311 e. The molecule has 2 aromatic heterocycles. The Balaban J connectivity index is 1.64. The maximum absolute atomic E-state index is 12.2. The Kier molecular flexibility index (Phi) is 4.85. The minimum absolute atomic E-state index is 0.0290. The van der Waals surface area contributed by atoms with Crippen LogP contribution in [0.5, 0.6) is 0 Å². The SMILES string of the molecule is O=C(C#Cc1cccnc1)N1CCN(c2ncccc2[N+](=O)[O-])CC1. The maximum Gasteiger partial charge on any atom is 0.311 e. The van der Waals surface area contributed by atoms with E-state index in [1.54, 1.807) is 29.4 Å². The van der Waals surface area contributed by atoms with Crippen molar-refractivity contribution in [1.29, 1.82) is 0 Å². The molecular formula is C17H15N5O3. The highest BCUT2D eigenvalue weighted by Crippen LogP contribution is 2.25. The quantitative estimate of drug-likeness (QED) is 0.463. The van der Waals surface area contributed by atoms with Gasteiger partial charge in [0.2, 0.25) is 5.82 Å². The molecule has 2 aromatic rings. The molecule has 0 bridgehead atoms. The molecule has 1 saturated heterocycles. The number of piperazine rings is 1. The molecular weight excluding hydrogens is 322 g/mol. The van der Waals surface area contributed by atoms with E-state index >= 15 is 0 Å². The van der Waals surface area contributed by atoms with E-state index in [0.29, 0.717) is 37.6 Å². The van der Waals surface area contributed by atoms with E-state index in [4.69, 9.17) is 0 Å². The first kappa shape index (κ1) is 16.4. The van der Waals surface area contributed by atoms with Crippen LogP contribution in [-0.2, 0) is 4.79 Å². The highest BCUT2D eigenvalue weighted by molar-refractivity contribution is 5.94. The molecule has 0 unspecified atom stereocenters. The second-order valence-electron chi connectivity index (χ2n) is 5.37. The molecule has 25 heavy (non-hydrogen) atoms. The highest BCUT2D eigenvalue weighted by Gasteiger charge is 2.25. The van der Waals surface area contributed by atoms with E-state index in [2.05, 4.69) is 21.8 Å². The topological polar surface area (TPSA) is 92.5 Å². The standard InChI is InChI=1S/C17H15N5O3/c23-16(6-5-14-3-1-7-18-13-14)20-9-11-21(12-10-20)17-15(22(24)25)4-2-8-19-17/h1-4,7-8,13H,9-12H2. The number of carbonyl (C=O) groups is 1. The fourth-order valence-electron chi connectivity index (χ4n) is 2.54. The maximum atomic E-state index is 12.2. The third kappa shape index (κ3) is 3.90. The number of hydrogen-bond acceptors (Lipinski definition) is 6. The fourth-order valence-corrected chi connectivity index (χ4v) is 2.54. The lowest BCUT2D eigenvalue weighted by Gasteiger charge is -2.34. The van der Waals surface area contributed by atoms with Crippen molar-refractivity contribution in [2.75, 3.05) is 31.1 Å². The van der Waals surface area contributed by atoms with Crippen molar-refractivity contribution in [2.45, 2.75) is 0 Å². The summed E-state index contributed by atoms with van der Waals surface area (Å²) in [5.41, 5.74) is 0.650. The van der Waals surface area contributed by atoms with Crippen molar-refractivity contribution < 1.29 is 9.72 Å². The Hall–Kier alpha value is -3.47. The predicted octanol–water partition coefficient (Wildman–Crippen LogP) is 1.09. The van der Waals surface area contributed by atoms with Crippen molar-refractivity contribution >= 4 is 17.4 Å². The Labute approximate surface area is 144 Å². The third-order valence-corrected chi connectivity index (χ3v) is 3.80. The molecule has 3 rings (SSSR count). The zero-order valence-electron chi connectivity index (χ0n) is 13.3. The number of aromatic nitrogens is 2. The van der Waals surface area contributed by atoms with Crippen molar-refractivity contribution in [1.82, 2.24) is 14.9 Å². The molecule has 1 amide bonds. The number of carbonyl (C=O) groups excluding carboxylic acids is 1. The number of amides is 1. The summed E-state index contributed by atoms with van der Waals surface area (Å²) in [6.07, 6.45) is 4.76. The first-order chi connectivity index (χ1) is 12.1. The lowest BCUT2D eigenvalue weighted by atomic mass is 10.2. The normalized spacial score (nSPS) is 13.8. The molecule has 8 nitrogen and oxygen atoms in total. The molecule has 0 spiro atoms. The van der Waals surface area contributed by atoms with Crippen LogP contribution in [0.1, 0.15) is 5.56 Å². The fraction of sp³-hybridized carbons (Fsp3) is 0.235. The Morgan fingerprint density at radius 1 is 1.16 bits per heavy atom. The summed E-state index contributed by atoms with van der Waals surface area (Å²) in [6, 6.07) is 6.51. The summed E-state index contributed by atoms with van der Waals surface area (Å²) in [4.78, 5) is 34.4. The van der Waals surface area contributed by atoms with Gasteiger partial charge < -0.3 is 9.80 Å². The second-order valence-corrected chi connectivity index (χ2v) is 5.37. The second kappa shape index (κ2) is 7.40. The van der Waals surface area contributed by atoms with Gasteiger partial charge in [0.1, 0.15) is 0 Å². The number of rotatable bonds is 2. The molecule has 1 fully saturated rings. The lowest BCUT2D eigenvalue weighted by Crippen LogP contribution is -2.48. The molecule has 0 saturated carbocycles. The molecule has 1 aliphatic rings. The molecule has 0 atom stereocenters. The number of pyridine rings is 2. The zero-order valence-corrected chi connectivity index (χ0v) is 13.3. The minimum Gasteiger partial charge on any atom is -0.347 e. The van der Waals surface area contributed by atoms with Gasteiger partial charge in [0.05, 0.1) is 4.92 Å². The van der Waals surface area contributed by atoms with Gasteiger partial charge in [-0.3, -0.25) is 19.9 Å². The predicted molar refractivity (Wildman–Crippen MR) is 90.8 cm³/mol. The number of anilines is 1. The van der Waals surface area contributed by atoms with E-state index in [1.807, 2.05) is 4.90 Å². The van der Waals surface area contributed by atoms with E-state index in [9.17, 15) is 14.9 Å². The van der Waals surface area contributed by atoms with Gasteiger partial charge in [0.15, 0.2) is 0 Å². The Morgan fingerprint density at radius 2 is 1.92 bits per heavy atom. The Morgan fingerprint density at radius 3 is 2.60 bits per heavy atom. The number of nitrogens with zero attached hydrogens (tertiary/aromatic N) is 5. The molecule has 1 aliphatic heterocycles. The van der Waals surface area contributed by atoms with Crippen molar-refractivity contribution in [2.24, 2.45) is 0 Å². The van der Waals surface area contributed by atoms with E-state index in [1.165, 1.54) is 18.3 Å². The summed E-state index contributed by atoms with van der Waals surface area (Å²) in [6.45, 7) is 1.82. The van der Waals surface area contributed by atoms with Crippen molar-refractivity contribution in [3.8, 4) is 11.8 Å². The van der Waals surface area contributed by atoms with Crippen LogP contribution in [0, 0.1) is 22.0 Å². The molecule has 3 heterocycles. The molecule has 0 aromatic carbocycles. The summed E-state index contributed by atoms with van der Waals surface area (Å²) in [5.74, 6) is 5.47. The van der Waals surface area contributed by atoms with Crippen LogP contribution >= 0.6 is 0 Å². The van der Waals surface area contributed by atoms with Gasteiger partial charge in [0.25, 0.3) is 5.91 Å². The number of nitro groups is 1. The van der Waals surface area contributed by atoms with Gasteiger partial charge >= 0.3 is 5.69 Å². The van der Waals surface area contributed by atoms with Gasteiger partial charge in [-0.25, -0.2) is 4.98 Å². The third-order valence-electron chi connectivity index (χ3n) is 3.80. The summed E-state index contributed by atoms with van der Waals surface area (Å²) >= 11 is 0. The van der Waals surface area contributed by atoms with Gasteiger partial charge in [-0.15, -0.1) is 0 Å². The van der Waals surface area contributed by atoms with Crippen LogP contribution < -0.4 is 4.90 Å². The first-order valence-corrected chi connectivity index (χ1v) is 7.70. The molecule has 0 N–H and O–H groups in total. The molecule has 8 heteroatoms. The molecule has 126 valence electrons. The average Bonchev–Trinajstić information content (AvgIpc) is 2.67. The zero-order chi connectivity index (χ0) is 17.6. The van der Waals surface area contributed by atoms with Crippen LogP contribution in [0.4, 0.5) is 11.5 Å². The van der Waals surface area contributed by atoms with Gasteiger partial charge in [-0.1, -0.05) is 5.92 Å². The first-order valence-electron chi connectivity index (χ1n) is 7.70. The largest absolute Gasteiger partial charge is 0.347 e. The monoisotopic (exact) mass is 337 g/mol. The molecule has 0 radical (unpaired) electrons. The average molecular weight is 337 g/mol.